The van der Waals surface area contributed by atoms with Gasteiger partial charge in [-0.1, -0.05) is 30.3 Å². The van der Waals surface area contributed by atoms with Crippen LogP contribution in [0.2, 0.25) is 0 Å². The molecule has 12 heteroatoms. The number of benzene rings is 1. The maximum absolute atomic E-state index is 12.6. The third-order valence-electron chi connectivity index (χ3n) is 4.37. The minimum absolute atomic E-state index is 0.0810. The van der Waals surface area contributed by atoms with Crippen LogP contribution in [-0.4, -0.2) is 55.2 Å². The zero-order valence-electron chi connectivity index (χ0n) is 14.7. The van der Waals surface area contributed by atoms with Gasteiger partial charge in [0.15, 0.2) is 0 Å². The zero-order valence-corrected chi connectivity index (χ0v) is 15.5. The normalized spacial score (nSPS) is 23.3. The lowest BCUT2D eigenvalue weighted by molar-refractivity contribution is -0.159. The van der Waals surface area contributed by atoms with Gasteiger partial charge in [-0.05, 0) is 18.9 Å². The standard InChI is InChI=1S/C16H18F3NO7S/c1-15(13(21)22)10-20(14(23)26-9-11-5-3-2-4-6-11)8-7-12(15)27-28(24,25)16(17,18)19/h2-6,12H,7-10H2,1H3,(H,21,22). The Hall–Kier alpha value is -2.34. The van der Waals surface area contributed by atoms with Gasteiger partial charge in [-0.3, -0.25) is 8.98 Å². The van der Waals surface area contributed by atoms with Crippen molar-refractivity contribution < 1.29 is 45.2 Å². The van der Waals surface area contributed by atoms with Gasteiger partial charge < -0.3 is 14.7 Å². The first kappa shape index (κ1) is 22.0. The molecular formula is C16H18F3NO7S. The summed E-state index contributed by atoms with van der Waals surface area (Å²) in [5, 5.41) is 9.44. The summed E-state index contributed by atoms with van der Waals surface area (Å²) in [4.78, 5) is 24.8. The quantitative estimate of drug-likeness (QED) is 0.570. The molecule has 1 aliphatic rings. The summed E-state index contributed by atoms with van der Waals surface area (Å²) in [5.41, 5.74) is -7.08. The lowest BCUT2D eigenvalue weighted by Crippen LogP contribution is -2.57. The third kappa shape index (κ3) is 4.73. The minimum Gasteiger partial charge on any atom is -0.481 e. The van der Waals surface area contributed by atoms with Crippen LogP contribution >= 0.6 is 0 Å². The molecule has 156 valence electrons. The van der Waals surface area contributed by atoms with Crippen LogP contribution in [0.4, 0.5) is 18.0 Å². The van der Waals surface area contributed by atoms with Crippen molar-refractivity contribution in [2.24, 2.45) is 5.41 Å². The number of likely N-dealkylation sites (tertiary alicyclic amines) is 1. The molecule has 1 heterocycles. The summed E-state index contributed by atoms with van der Waals surface area (Å²) in [6.45, 7) is 0.132. The lowest BCUT2D eigenvalue weighted by atomic mass is 9.79. The fourth-order valence-electron chi connectivity index (χ4n) is 2.70. The Morgan fingerprint density at radius 3 is 2.43 bits per heavy atom. The van der Waals surface area contributed by atoms with Crippen molar-refractivity contribution in [3.05, 3.63) is 35.9 Å². The van der Waals surface area contributed by atoms with Crippen LogP contribution in [0.5, 0.6) is 0 Å². The number of ether oxygens (including phenoxy) is 1. The van der Waals surface area contributed by atoms with Crippen molar-refractivity contribution in [1.29, 1.82) is 0 Å². The molecule has 1 amide bonds. The van der Waals surface area contributed by atoms with Gasteiger partial charge in [0, 0.05) is 13.1 Å². The molecule has 28 heavy (non-hydrogen) atoms. The number of carboxylic acid groups (broad SMARTS) is 1. The Labute approximate surface area is 159 Å². The number of amides is 1. The lowest BCUT2D eigenvalue weighted by Gasteiger charge is -2.42. The van der Waals surface area contributed by atoms with Crippen LogP contribution in [0, 0.1) is 5.41 Å². The molecule has 1 aromatic carbocycles. The van der Waals surface area contributed by atoms with Gasteiger partial charge in [0.25, 0.3) is 0 Å². The monoisotopic (exact) mass is 425 g/mol. The van der Waals surface area contributed by atoms with Gasteiger partial charge in [0.05, 0.1) is 6.10 Å². The highest BCUT2D eigenvalue weighted by Gasteiger charge is 2.55. The Morgan fingerprint density at radius 1 is 1.29 bits per heavy atom. The summed E-state index contributed by atoms with van der Waals surface area (Å²) in [6.07, 6.45) is -3.10. The molecule has 1 aromatic rings. The van der Waals surface area contributed by atoms with E-state index < -0.39 is 52.2 Å². The zero-order chi connectivity index (χ0) is 21.2. The van der Waals surface area contributed by atoms with Crippen LogP contribution in [0.15, 0.2) is 30.3 Å². The second-order valence-electron chi connectivity index (χ2n) is 6.46. The Bertz CT molecular complexity index is 828. The molecule has 0 radical (unpaired) electrons. The van der Waals surface area contributed by atoms with Gasteiger partial charge in [-0.15, -0.1) is 0 Å². The minimum atomic E-state index is -5.98. The van der Waals surface area contributed by atoms with E-state index in [2.05, 4.69) is 4.18 Å². The van der Waals surface area contributed by atoms with E-state index in [1.807, 2.05) is 0 Å². The fraction of sp³-hybridized carbons (Fsp3) is 0.500. The van der Waals surface area contributed by atoms with Crippen LogP contribution < -0.4 is 0 Å². The first-order valence-electron chi connectivity index (χ1n) is 8.05. The average Bonchev–Trinajstić information content (AvgIpc) is 2.61. The second kappa shape index (κ2) is 7.95. The summed E-state index contributed by atoms with van der Waals surface area (Å²) >= 11 is 0. The molecule has 0 spiro atoms. The second-order valence-corrected chi connectivity index (χ2v) is 8.02. The molecule has 0 saturated carbocycles. The molecule has 0 aliphatic carbocycles. The molecule has 1 aliphatic heterocycles. The average molecular weight is 425 g/mol. The van der Waals surface area contributed by atoms with Gasteiger partial charge >= 0.3 is 27.7 Å². The number of halogens is 3. The number of carboxylic acids is 1. The predicted octanol–water partition coefficient (Wildman–Crippen LogP) is 2.35. The molecular weight excluding hydrogens is 407 g/mol. The largest absolute Gasteiger partial charge is 0.523 e. The van der Waals surface area contributed by atoms with Crippen LogP contribution in [0.1, 0.15) is 18.9 Å². The molecule has 2 rings (SSSR count). The Kier molecular flexibility index (Phi) is 6.24. The van der Waals surface area contributed by atoms with Gasteiger partial charge in [0.1, 0.15) is 12.0 Å². The van der Waals surface area contributed by atoms with Crippen molar-refractivity contribution >= 4 is 22.2 Å². The van der Waals surface area contributed by atoms with E-state index in [0.717, 1.165) is 11.8 Å². The number of rotatable bonds is 5. The Balaban J connectivity index is 2.10. The molecule has 0 bridgehead atoms. The van der Waals surface area contributed by atoms with Crippen molar-refractivity contribution in [3.8, 4) is 0 Å². The number of carbonyl (C=O) groups excluding carboxylic acids is 1. The fourth-order valence-corrected chi connectivity index (χ4v) is 3.43. The van der Waals surface area contributed by atoms with E-state index in [1.54, 1.807) is 30.3 Å². The first-order valence-corrected chi connectivity index (χ1v) is 9.46. The number of nitrogens with zero attached hydrogens (tertiary/aromatic N) is 1. The molecule has 0 aromatic heterocycles. The van der Waals surface area contributed by atoms with Crippen LogP contribution in [-0.2, 0) is 30.4 Å². The topological polar surface area (TPSA) is 110 Å². The molecule has 1 saturated heterocycles. The van der Waals surface area contributed by atoms with Crippen LogP contribution in [0.25, 0.3) is 0 Å². The van der Waals surface area contributed by atoms with Gasteiger partial charge in [0.2, 0.25) is 0 Å². The van der Waals surface area contributed by atoms with E-state index in [-0.39, 0.29) is 13.2 Å². The summed E-state index contributed by atoms with van der Waals surface area (Å²) in [5.74, 6) is -1.60. The first-order chi connectivity index (χ1) is 12.9. The maximum atomic E-state index is 12.6. The number of hydrogen-bond acceptors (Lipinski definition) is 6. The van der Waals surface area contributed by atoms with E-state index >= 15 is 0 Å². The van der Waals surface area contributed by atoms with E-state index in [1.165, 1.54) is 0 Å². The number of carbonyl (C=O) groups is 2. The summed E-state index contributed by atoms with van der Waals surface area (Å²) < 4.78 is 69.5. The SMILES string of the molecule is CC1(C(=O)O)CN(C(=O)OCc2ccccc2)CCC1OS(=O)(=O)C(F)(F)F. The van der Waals surface area contributed by atoms with E-state index in [0.29, 0.717) is 5.56 Å². The van der Waals surface area contributed by atoms with Gasteiger partial charge in [-0.2, -0.15) is 21.6 Å². The van der Waals surface area contributed by atoms with Gasteiger partial charge in [-0.25, -0.2) is 4.79 Å². The highest BCUT2D eigenvalue weighted by molar-refractivity contribution is 7.87. The summed E-state index contributed by atoms with van der Waals surface area (Å²) in [6, 6.07) is 8.64. The predicted molar refractivity (Wildman–Crippen MR) is 88.4 cm³/mol. The van der Waals surface area contributed by atoms with Crippen molar-refractivity contribution in [2.75, 3.05) is 13.1 Å². The summed E-state index contributed by atoms with van der Waals surface area (Å²) in [7, 11) is -5.98. The number of aliphatic carboxylic acids is 1. The molecule has 1 fully saturated rings. The maximum Gasteiger partial charge on any atom is 0.523 e. The molecule has 2 atom stereocenters. The van der Waals surface area contributed by atoms with E-state index in [9.17, 15) is 36.3 Å². The van der Waals surface area contributed by atoms with Crippen molar-refractivity contribution in [3.63, 3.8) is 0 Å². The highest BCUT2D eigenvalue weighted by atomic mass is 32.2. The molecule has 1 N–H and O–H groups in total. The molecule has 8 nitrogen and oxygen atoms in total. The third-order valence-corrected chi connectivity index (χ3v) is 5.42. The smallest absolute Gasteiger partial charge is 0.481 e. The number of piperidine rings is 1. The molecule has 2 unspecified atom stereocenters. The van der Waals surface area contributed by atoms with E-state index in [4.69, 9.17) is 4.74 Å². The van der Waals surface area contributed by atoms with Crippen molar-refractivity contribution in [1.82, 2.24) is 4.90 Å². The Morgan fingerprint density at radius 2 is 1.89 bits per heavy atom. The van der Waals surface area contributed by atoms with Crippen LogP contribution in [0.3, 0.4) is 0 Å². The van der Waals surface area contributed by atoms with Crippen molar-refractivity contribution in [2.45, 2.75) is 31.6 Å². The number of hydrogen-bond donors (Lipinski definition) is 1. The number of alkyl halides is 3. The highest BCUT2D eigenvalue weighted by Crippen LogP contribution is 2.37.